The van der Waals surface area contributed by atoms with Crippen LogP contribution in [-0.4, -0.2) is 11.0 Å². The van der Waals surface area contributed by atoms with E-state index in [2.05, 4.69) is 35.1 Å². The van der Waals surface area contributed by atoms with Crippen molar-refractivity contribution < 1.29 is 4.92 Å². The van der Waals surface area contributed by atoms with Crippen molar-refractivity contribution in [3.8, 4) is 0 Å². The second-order valence-electron chi connectivity index (χ2n) is 5.40. The molecular weight excluding hydrogens is 296 g/mol. The van der Waals surface area contributed by atoms with Crippen molar-refractivity contribution in [3.05, 3.63) is 32.3 Å². The van der Waals surface area contributed by atoms with Crippen LogP contribution in [0.5, 0.6) is 0 Å². The van der Waals surface area contributed by atoms with Gasteiger partial charge in [0.1, 0.15) is 0 Å². The molecule has 1 unspecified atom stereocenters. The minimum Gasteiger partial charge on any atom is -0.381 e. The minimum absolute atomic E-state index is 0.161. The summed E-state index contributed by atoms with van der Waals surface area (Å²) >= 11 is 3.46. The normalized spacial score (nSPS) is 18.2. The number of hydrogen-bond acceptors (Lipinski definition) is 3. The van der Waals surface area contributed by atoms with Gasteiger partial charge in [-0.3, -0.25) is 10.1 Å². The van der Waals surface area contributed by atoms with Gasteiger partial charge in [-0.2, -0.15) is 0 Å². The Labute approximate surface area is 115 Å². The van der Waals surface area contributed by atoms with Crippen LogP contribution in [0.3, 0.4) is 0 Å². The molecule has 1 aliphatic carbocycles. The molecule has 1 aliphatic rings. The molecule has 0 aliphatic heterocycles. The summed E-state index contributed by atoms with van der Waals surface area (Å²) in [5.74, 6) is 0. The minimum atomic E-state index is -0.337. The van der Waals surface area contributed by atoms with E-state index in [0.29, 0.717) is 17.0 Å². The average molecular weight is 313 g/mol. The summed E-state index contributed by atoms with van der Waals surface area (Å²) in [6.07, 6.45) is 2.43. The zero-order chi connectivity index (χ0) is 13.5. The summed E-state index contributed by atoms with van der Waals surface area (Å²) in [5.41, 5.74) is 1.96. The second-order valence-corrected chi connectivity index (χ2v) is 6.25. The first-order valence-electron chi connectivity index (χ1n) is 6.04. The second kappa shape index (κ2) is 4.53. The van der Waals surface area contributed by atoms with Crippen molar-refractivity contribution in [1.29, 1.82) is 0 Å². The van der Waals surface area contributed by atoms with Gasteiger partial charge in [0.05, 0.1) is 10.6 Å². The van der Waals surface area contributed by atoms with Crippen LogP contribution in [0.25, 0.3) is 0 Å². The van der Waals surface area contributed by atoms with Crippen LogP contribution in [-0.2, 0) is 0 Å². The number of nitrogens with zero attached hydrogens (tertiary/aromatic N) is 1. The molecule has 98 valence electrons. The first-order valence-corrected chi connectivity index (χ1v) is 6.84. The van der Waals surface area contributed by atoms with E-state index >= 15 is 0 Å². The van der Waals surface area contributed by atoms with E-state index < -0.39 is 0 Å². The van der Waals surface area contributed by atoms with Crippen LogP contribution < -0.4 is 5.32 Å². The van der Waals surface area contributed by atoms with Crippen molar-refractivity contribution in [2.75, 3.05) is 5.32 Å². The monoisotopic (exact) mass is 312 g/mol. The molecule has 0 heterocycles. The SMILES string of the molecule is Cc1cc(Br)c(NC(C)C2(C)CC2)cc1[N+](=O)[O-]. The molecule has 0 amide bonds. The van der Waals surface area contributed by atoms with Gasteiger partial charge in [0, 0.05) is 22.1 Å². The molecule has 1 aromatic rings. The number of nitro groups is 1. The average Bonchev–Trinajstić information content (AvgIpc) is 3.01. The maximum absolute atomic E-state index is 10.9. The lowest BCUT2D eigenvalue weighted by Crippen LogP contribution is -2.25. The van der Waals surface area contributed by atoms with Gasteiger partial charge in [-0.1, -0.05) is 6.92 Å². The zero-order valence-corrected chi connectivity index (χ0v) is 12.4. The first-order chi connectivity index (χ1) is 8.33. The summed E-state index contributed by atoms with van der Waals surface area (Å²) in [5, 5.41) is 14.3. The Hall–Kier alpha value is -1.10. The molecule has 0 saturated heterocycles. The highest BCUT2D eigenvalue weighted by Gasteiger charge is 2.42. The standard InChI is InChI=1S/C13H17BrN2O2/c1-8-6-10(14)11(7-12(8)16(17)18)15-9(2)13(3)4-5-13/h6-7,9,15H,4-5H2,1-3H3. The van der Waals surface area contributed by atoms with E-state index in [1.807, 2.05) is 0 Å². The van der Waals surface area contributed by atoms with Crippen molar-refractivity contribution in [1.82, 2.24) is 0 Å². The molecule has 1 atom stereocenters. The van der Waals surface area contributed by atoms with Gasteiger partial charge in [0.2, 0.25) is 0 Å². The van der Waals surface area contributed by atoms with Crippen molar-refractivity contribution in [3.63, 3.8) is 0 Å². The molecule has 1 saturated carbocycles. The topological polar surface area (TPSA) is 55.2 Å². The lowest BCUT2D eigenvalue weighted by Gasteiger charge is -2.22. The van der Waals surface area contributed by atoms with Gasteiger partial charge in [-0.25, -0.2) is 0 Å². The number of anilines is 1. The van der Waals surface area contributed by atoms with E-state index in [1.165, 1.54) is 12.8 Å². The summed E-state index contributed by atoms with van der Waals surface area (Å²) in [6.45, 7) is 6.12. The molecule has 1 aromatic carbocycles. The molecule has 5 heteroatoms. The Bertz CT molecular complexity index is 498. The Morgan fingerprint density at radius 2 is 2.11 bits per heavy atom. The van der Waals surface area contributed by atoms with E-state index in [-0.39, 0.29) is 10.6 Å². The maximum Gasteiger partial charge on any atom is 0.274 e. The summed E-state index contributed by atoms with van der Waals surface area (Å²) < 4.78 is 0.877. The van der Waals surface area contributed by atoms with Crippen LogP contribution in [0.15, 0.2) is 16.6 Å². The molecule has 18 heavy (non-hydrogen) atoms. The van der Waals surface area contributed by atoms with Crippen LogP contribution in [0.1, 0.15) is 32.3 Å². The number of hydrogen-bond donors (Lipinski definition) is 1. The smallest absolute Gasteiger partial charge is 0.274 e. The van der Waals surface area contributed by atoms with Gasteiger partial charge in [0.15, 0.2) is 0 Å². The van der Waals surface area contributed by atoms with Gasteiger partial charge < -0.3 is 5.32 Å². The van der Waals surface area contributed by atoms with Gasteiger partial charge in [-0.15, -0.1) is 0 Å². The Morgan fingerprint density at radius 3 is 2.61 bits per heavy atom. The highest BCUT2D eigenvalue weighted by atomic mass is 79.9. The van der Waals surface area contributed by atoms with Crippen LogP contribution in [0.4, 0.5) is 11.4 Å². The molecule has 0 aromatic heterocycles. The largest absolute Gasteiger partial charge is 0.381 e. The molecule has 0 bridgehead atoms. The highest BCUT2D eigenvalue weighted by Crippen LogP contribution is 2.49. The lowest BCUT2D eigenvalue weighted by molar-refractivity contribution is -0.385. The summed E-state index contributed by atoms with van der Waals surface area (Å²) in [7, 11) is 0. The van der Waals surface area contributed by atoms with Crippen LogP contribution >= 0.6 is 15.9 Å². The molecule has 0 spiro atoms. The quantitative estimate of drug-likeness (QED) is 0.667. The van der Waals surface area contributed by atoms with E-state index in [4.69, 9.17) is 0 Å². The fourth-order valence-corrected chi connectivity index (χ4v) is 2.58. The predicted octanol–water partition coefficient (Wildman–Crippen LogP) is 4.27. The van der Waals surface area contributed by atoms with Gasteiger partial charge in [-0.05, 0) is 54.1 Å². The molecule has 1 fully saturated rings. The third-order valence-electron chi connectivity index (χ3n) is 3.94. The third kappa shape index (κ3) is 2.51. The molecule has 1 N–H and O–H groups in total. The maximum atomic E-state index is 10.9. The number of rotatable bonds is 4. The van der Waals surface area contributed by atoms with Crippen molar-refractivity contribution in [2.45, 2.75) is 39.7 Å². The number of nitrogens with one attached hydrogen (secondary N) is 1. The number of halogens is 1. The predicted molar refractivity (Wildman–Crippen MR) is 76.0 cm³/mol. The fraction of sp³-hybridized carbons (Fsp3) is 0.538. The Morgan fingerprint density at radius 1 is 1.50 bits per heavy atom. The van der Waals surface area contributed by atoms with Crippen molar-refractivity contribution >= 4 is 27.3 Å². The highest BCUT2D eigenvalue weighted by molar-refractivity contribution is 9.10. The summed E-state index contributed by atoms with van der Waals surface area (Å²) in [6, 6.07) is 3.72. The molecule has 4 nitrogen and oxygen atoms in total. The lowest BCUT2D eigenvalue weighted by atomic mass is 10.0. The number of aryl methyl sites for hydroxylation is 1. The third-order valence-corrected chi connectivity index (χ3v) is 4.59. The fourth-order valence-electron chi connectivity index (χ4n) is 2.01. The molecule has 0 radical (unpaired) electrons. The number of benzene rings is 1. The van der Waals surface area contributed by atoms with E-state index in [1.54, 1.807) is 19.1 Å². The Balaban J connectivity index is 2.27. The molecule has 2 rings (SSSR count). The first kappa shape index (κ1) is 13.3. The van der Waals surface area contributed by atoms with Crippen molar-refractivity contribution in [2.24, 2.45) is 5.41 Å². The summed E-state index contributed by atoms with van der Waals surface area (Å²) in [4.78, 5) is 10.6. The van der Waals surface area contributed by atoms with Crippen LogP contribution in [0.2, 0.25) is 0 Å². The van der Waals surface area contributed by atoms with E-state index in [0.717, 1.165) is 10.2 Å². The van der Waals surface area contributed by atoms with Crippen LogP contribution in [0, 0.1) is 22.5 Å². The van der Waals surface area contributed by atoms with Gasteiger partial charge in [0.25, 0.3) is 5.69 Å². The van der Waals surface area contributed by atoms with E-state index in [9.17, 15) is 10.1 Å². The molecular formula is C13H17BrN2O2. The number of nitro benzene ring substituents is 1. The van der Waals surface area contributed by atoms with Gasteiger partial charge >= 0.3 is 0 Å². The zero-order valence-electron chi connectivity index (χ0n) is 10.8. The Kier molecular flexibility index (Phi) is 3.36.